The summed E-state index contributed by atoms with van der Waals surface area (Å²) in [6.07, 6.45) is 5.48. The molecular formula is C25H25N5OS. The van der Waals surface area contributed by atoms with Crippen LogP contribution in [0, 0.1) is 0 Å². The molecule has 2 heterocycles. The van der Waals surface area contributed by atoms with Crippen LogP contribution in [-0.4, -0.2) is 38.0 Å². The molecule has 0 saturated heterocycles. The molecule has 6 nitrogen and oxygen atoms in total. The third kappa shape index (κ3) is 5.06. The molecular weight excluding hydrogens is 418 g/mol. The molecule has 2 aromatic carbocycles. The topological polar surface area (TPSA) is 63.9 Å². The lowest BCUT2D eigenvalue weighted by atomic mass is 10.2. The van der Waals surface area contributed by atoms with Gasteiger partial charge in [-0.05, 0) is 42.8 Å². The Morgan fingerprint density at radius 3 is 2.41 bits per heavy atom. The Morgan fingerprint density at radius 1 is 0.969 bits per heavy atom. The minimum Gasteiger partial charge on any atom is -0.312 e. The van der Waals surface area contributed by atoms with Crippen LogP contribution in [0.4, 0.5) is 5.69 Å². The minimum atomic E-state index is 0.0557. The molecule has 32 heavy (non-hydrogen) atoms. The molecule has 0 aliphatic rings. The second-order valence-corrected chi connectivity index (χ2v) is 8.18. The molecule has 7 heteroatoms. The summed E-state index contributed by atoms with van der Waals surface area (Å²) in [4.78, 5) is 19.3. The molecule has 0 N–H and O–H groups in total. The van der Waals surface area contributed by atoms with Crippen LogP contribution in [0.5, 0.6) is 0 Å². The predicted octanol–water partition coefficient (Wildman–Crippen LogP) is 5.25. The van der Waals surface area contributed by atoms with E-state index in [-0.39, 0.29) is 11.7 Å². The lowest BCUT2D eigenvalue weighted by Crippen LogP contribution is -2.33. The zero-order valence-corrected chi connectivity index (χ0v) is 18.8. The molecule has 0 fully saturated rings. The normalized spacial score (nSPS) is 10.8. The van der Waals surface area contributed by atoms with Gasteiger partial charge in [0, 0.05) is 35.9 Å². The fourth-order valence-corrected chi connectivity index (χ4v) is 4.21. The average Bonchev–Trinajstić information content (AvgIpc) is 3.29. The van der Waals surface area contributed by atoms with Crippen molar-refractivity contribution in [2.45, 2.75) is 24.9 Å². The highest BCUT2D eigenvalue weighted by molar-refractivity contribution is 7.99. The van der Waals surface area contributed by atoms with E-state index >= 15 is 0 Å². The van der Waals surface area contributed by atoms with Crippen molar-refractivity contribution in [1.82, 2.24) is 19.7 Å². The van der Waals surface area contributed by atoms with E-state index in [4.69, 9.17) is 0 Å². The largest absolute Gasteiger partial charge is 0.312 e. The Bertz CT molecular complexity index is 1130. The Labute approximate surface area is 192 Å². The quantitative estimate of drug-likeness (QED) is 0.330. The molecule has 0 unspecified atom stereocenters. The highest BCUT2D eigenvalue weighted by Crippen LogP contribution is 2.28. The molecule has 0 saturated carbocycles. The first-order valence-corrected chi connectivity index (χ1v) is 11.7. The molecule has 0 radical (unpaired) electrons. The molecule has 4 rings (SSSR count). The maximum atomic E-state index is 13.2. The van der Waals surface area contributed by atoms with Gasteiger partial charge < -0.3 is 4.90 Å². The number of hydrogen-bond acceptors (Lipinski definition) is 5. The standard InChI is InChI=1S/C25H25N5OS/c1-2-3-17-29(21-12-6-4-7-13-21)23(31)19-32-25-28-27-24(20-11-10-16-26-18-20)30(25)22-14-8-5-9-15-22/h4-16,18H,2-3,17,19H2,1H3. The molecule has 0 atom stereocenters. The van der Waals surface area contributed by atoms with Crippen LogP contribution < -0.4 is 4.90 Å². The number of amides is 1. The van der Waals surface area contributed by atoms with Crippen molar-refractivity contribution in [3.05, 3.63) is 85.2 Å². The summed E-state index contributed by atoms with van der Waals surface area (Å²) in [7, 11) is 0. The Kier molecular flexibility index (Phi) is 7.30. The monoisotopic (exact) mass is 443 g/mol. The van der Waals surface area contributed by atoms with Gasteiger partial charge in [-0.1, -0.05) is 61.5 Å². The van der Waals surface area contributed by atoms with Gasteiger partial charge in [0.2, 0.25) is 5.91 Å². The van der Waals surface area contributed by atoms with E-state index in [1.165, 1.54) is 11.8 Å². The maximum absolute atomic E-state index is 13.2. The number of pyridine rings is 1. The summed E-state index contributed by atoms with van der Waals surface area (Å²) in [6, 6.07) is 23.6. The highest BCUT2D eigenvalue weighted by Gasteiger charge is 2.20. The van der Waals surface area contributed by atoms with Crippen molar-refractivity contribution in [3.63, 3.8) is 0 Å². The Morgan fingerprint density at radius 2 is 1.72 bits per heavy atom. The van der Waals surface area contributed by atoms with Gasteiger partial charge in [0.15, 0.2) is 11.0 Å². The van der Waals surface area contributed by atoms with E-state index in [1.807, 2.05) is 82.3 Å². The summed E-state index contributed by atoms with van der Waals surface area (Å²) in [6.45, 7) is 2.83. The summed E-state index contributed by atoms with van der Waals surface area (Å²) in [5.74, 6) is 1.03. The first-order valence-electron chi connectivity index (χ1n) is 10.7. The molecule has 162 valence electrons. The number of rotatable bonds is 9. The van der Waals surface area contributed by atoms with Crippen molar-refractivity contribution < 1.29 is 4.79 Å². The fraction of sp³-hybridized carbons (Fsp3) is 0.200. The van der Waals surface area contributed by atoms with Crippen molar-refractivity contribution in [3.8, 4) is 17.1 Å². The Balaban J connectivity index is 1.60. The fourth-order valence-electron chi connectivity index (χ4n) is 3.38. The van der Waals surface area contributed by atoms with Crippen LogP contribution in [0.25, 0.3) is 17.1 Å². The van der Waals surface area contributed by atoms with Crippen molar-refractivity contribution in [2.24, 2.45) is 0 Å². The highest BCUT2D eigenvalue weighted by atomic mass is 32.2. The number of hydrogen-bond donors (Lipinski definition) is 0. The summed E-state index contributed by atoms with van der Waals surface area (Å²) >= 11 is 1.40. The number of unbranched alkanes of at least 4 members (excludes halogenated alkanes) is 1. The van der Waals surface area contributed by atoms with E-state index in [0.29, 0.717) is 17.5 Å². The number of carbonyl (C=O) groups is 1. The second kappa shape index (κ2) is 10.7. The van der Waals surface area contributed by atoms with Gasteiger partial charge in [0.1, 0.15) is 0 Å². The number of benzene rings is 2. The van der Waals surface area contributed by atoms with Crippen molar-refractivity contribution >= 4 is 23.4 Å². The van der Waals surface area contributed by atoms with E-state index in [2.05, 4.69) is 22.1 Å². The molecule has 4 aromatic rings. The number of thioether (sulfide) groups is 1. The molecule has 0 spiro atoms. The maximum Gasteiger partial charge on any atom is 0.237 e. The van der Waals surface area contributed by atoms with E-state index in [1.54, 1.807) is 12.4 Å². The van der Waals surface area contributed by atoms with E-state index in [0.717, 1.165) is 29.8 Å². The third-order valence-corrected chi connectivity index (χ3v) is 5.91. The third-order valence-electron chi connectivity index (χ3n) is 5.00. The van der Waals surface area contributed by atoms with Gasteiger partial charge in [0.05, 0.1) is 5.75 Å². The van der Waals surface area contributed by atoms with Crippen molar-refractivity contribution in [2.75, 3.05) is 17.2 Å². The van der Waals surface area contributed by atoms with Crippen LogP contribution in [0.1, 0.15) is 19.8 Å². The van der Waals surface area contributed by atoms with Gasteiger partial charge in [0.25, 0.3) is 0 Å². The van der Waals surface area contributed by atoms with Crippen LogP contribution >= 0.6 is 11.8 Å². The summed E-state index contributed by atoms with van der Waals surface area (Å²) in [5, 5.41) is 9.51. The average molecular weight is 444 g/mol. The van der Waals surface area contributed by atoms with Crippen LogP contribution in [0.15, 0.2) is 90.3 Å². The number of para-hydroxylation sites is 2. The van der Waals surface area contributed by atoms with E-state index < -0.39 is 0 Å². The molecule has 0 aliphatic carbocycles. The van der Waals surface area contributed by atoms with Crippen LogP contribution in [-0.2, 0) is 4.79 Å². The van der Waals surface area contributed by atoms with Gasteiger partial charge in [-0.2, -0.15) is 0 Å². The number of anilines is 1. The van der Waals surface area contributed by atoms with Crippen molar-refractivity contribution in [1.29, 1.82) is 0 Å². The SMILES string of the molecule is CCCCN(C(=O)CSc1nnc(-c2cccnc2)n1-c1ccccc1)c1ccccc1. The number of aromatic nitrogens is 4. The van der Waals surface area contributed by atoms with E-state index in [9.17, 15) is 4.79 Å². The van der Waals surface area contributed by atoms with Gasteiger partial charge in [-0.15, -0.1) is 10.2 Å². The molecule has 1 amide bonds. The second-order valence-electron chi connectivity index (χ2n) is 7.24. The number of nitrogens with zero attached hydrogens (tertiary/aromatic N) is 5. The van der Waals surface area contributed by atoms with Crippen LogP contribution in [0.3, 0.4) is 0 Å². The summed E-state index contributed by atoms with van der Waals surface area (Å²) in [5.41, 5.74) is 2.74. The van der Waals surface area contributed by atoms with Gasteiger partial charge >= 0.3 is 0 Å². The lowest BCUT2D eigenvalue weighted by molar-refractivity contribution is -0.116. The molecule has 0 aliphatic heterocycles. The zero-order chi connectivity index (χ0) is 22.2. The smallest absolute Gasteiger partial charge is 0.237 e. The Hall–Kier alpha value is -3.45. The molecule has 2 aromatic heterocycles. The van der Waals surface area contributed by atoms with Gasteiger partial charge in [-0.25, -0.2) is 0 Å². The van der Waals surface area contributed by atoms with Crippen LogP contribution in [0.2, 0.25) is 0 Å². The minimum absolute atomic E-state index is 0.0557. The predicted molar refractivity (Wildman–Crippen MR) is 129 cm³/mol. The first-order chi connectivity index (χ1) is 15.8. The van der Waals surface area contributed by atoms with Gasteiger partial charge in [-0.3, -0.25) is 14.3 Å². The first kappa shape index (κ1) is 21.8. The molecule has 0 bridgehead atoms. The number of carbonyl (C=O) groups excluding carboxylic acids is 1. The summed E-state index contributed by atoms with van der Waals surface area (Å²) < 4.78 is 1.98. The lowest BCUT2D eigenvalue weighted by Gasteiger charge is -2.22. The zero-order valence-electron chi connectivity index (χ0n) is 18.0.